The maximum Gasteiger partial charge on any atom is 0.0619 e. The fourth-order valence-corrected chi connectivity index (χ4v) is 10.6. The molecule has 0 radical (unpaired) electrons. The molecular formula is C61H40N2. The van der Waals surface area contributed by atoms with Crippen LogP contribution in [0.1, 0.15) is 11.1 Å². The lowest BCUT2D eigenvalue weighted by molar-refractivity contribution is 1.27. The largest absolute Gasteiger partial charge is 0.310 e. The van der Waals surface area contributed by atoms with Gasteiger partial charge in [-0.05, 0) is 115 Å². The van der Waals surface area contributed by atoms with Crippen molar-refractivity contribution in [2.45, 2.75) is 6.42 Å². The standard InChI is InChI=1S/C61H40N2/c1-4-15-40(16-5-1)42-29-32-47(33-30-42)62(57-35-31-44(41-17-6-2-7-18-41)38-54(57)43-19-8-3-9-20-43)48-34-36-58-55(39-48)53-27-14-26-52-51-25-13-22-46-37-45-21-12-24-50(59(45)60(46)51)49-23-10-11-28-56(49)63(58)61(52)53/h1-36,38-39H,37H2. The SMILES string of the molecule is c1ccc(-c2ccc(N(c3ccc4c(c3)c3cccc5c6cccc7c6c6c(cccc6c6ccccc6n4c53)C7)c3ccc(-c4ccccc4)cc3-c3ccccc3)cc2)cc1. The fourth-order valence-electron chi connectivity index (χ4n) is 10.6. The Kier molecular flexibility index (Phi) is 8.01. The Balaban J connectivity index is 1.12. The van der Waals surface area contributed by atoms with Gasteiger partial charge in [0.1, 0.15) is 0 Å². The molecule has 2 heteroatoms. The van der Waals surface area contributed by atoms with E-state index in [4.69, 9.17) is 0 Å². The van der Waals surface area contributed by atoms with Gasteiger partial charge in [-0.3, -0.25) is 0 Å². The summed E-state index contributed by atoms with van der Waals surface area (Å²) in [5.74, 6) is 0. The van der Waals surface area contributed by atoms with Crippen LogP contribution in [-0.4, -0.2) is 4.40 Å². The summed E-state index contributed by atoms with van der Waals surface area (Å²) in [6, 6.07) is 85.0. The van der Waals surface area contributed by atoms with Crippen LogP contribution in [0.5, 0.6) is 0 Å². The van der Waals surface area contributed by atoms with Crippen molar-refractivity contribution >= 4 is 76.7 Å². The van der Waals surface area contributed by atoms with Crippen molar-refractivity contribution in [2.75, 3.05) is 4.90 Å². The molecule has 0 aliphatic heterocycles. The lowest BCUT2D eigenvalue weighted by Crippen LogP contribution is -2.11. The highest BCUT2D eigenvalue weighted by Crippen LogP contribution is 2.47. The molecule has 10 aromatic carbocycles. The first-order valence-electron chi connectivity index (χ1n) is 21.9. The van der Waals surface area contributed by atoms with E-state index in [0.717, 1.165) is 23.5 Å². The highest BCUT2D eigenvalue weighted by molar-refractivity contribution is 6.27. The zero-order chi connectivity index (χ0) is 41.4. The first-order chi connectivity index (χ1) is 31.3. The second kappa shape index (κ2) is 14.2. The third-order valence-electron chi connectivity index (χ3n) is 13.3. The molecule has 63 heavy (non-hydrogen) atoms. The Morgan fingerprint density at radius 1 is 0.317 bits per heavy atom. The zero-order valence-corrected chi connectivity index (χ0v) is 34.5. The van der Waals surface area contributed by atoms with E-state index >= 15 is 0 Å². The first-order valence-corrected chi connectivity index (χ1v) is 21.9. The van der Waals surface area contributed by atoms with Crippen molar-refractivity contribution in [1.29, 1.82) is 0 Å². The van der Waals surface area contributed by atoms with Gasteiger partial charge in [0.2, 0.25) is 0 Å². The smallest absolute Gasteiger partial charge is 0.0619 e. The predicted molar refractivity (Wildman–Crippen MR) is 268 cm³/mol. The number of fused-ring (bicyclic) bond motifs is 7. The number of benzene rings is 10. The molecule has 0 saturated heterocycles. The van der Waals surface area contributed by atoms with E-state index in [2.05, 4.69) is 240 Å². The van der Waals surface area contributed by atoms with Gasteiger partial charge in [0.25, 0.3) is 0 Å². The van der Waals surface area contributed by atoms with Crippen LogP contribution >= 0.6 is 0 Å². The van der Waals surface area contributed by atoms with Crippen molar-refractivity contribution < 1.29 is 0 Å². The van der Waals surface area contributed by atoms with Gasteiger partial charge < -0.3 is 9.30 Å². The normalized spacial score (nSPS) is 12.1. The maximum absolute atomic E-state index is 2.54. The molecule has 0 spiro atoms. The summed E-state index contributed by atoms with van der Waals surface area (Å²) in [7, 11) is 0. The second-order valence-corrected chi connectivity index (χ2v) is 16.8. The van der Waals surface area contributed by atoms with Crippen molar-refractivity contribution in [3.05, 3.63) is 242 Å². The van der Waals surface area contributed by atoms with Crippen LogP contribution in [-0.2, 0) is 6.42 Å². The van der Waals surface area contributed by atoms with Gasteiger partial charge in [-0.2, -0.15) is 0 Å². The molecule has 0 atom stereocenters. The number of hydrogen-bond acceptors (Lipinski definition) is 1. The molecular weight excluding hydrogens is 761 g/mol. The summed E-state index contributed by atoms with van der Waals surface area (Å²) in [4.78, 5) is 2.46. The molecule has 0 saturated carbocycles. The maximum atomic E-state index is 2.54. The molecule has 2 heterocycles. The van der Waals surface area contributed by atoms with Crippen LogP contribution in [0.3, 0.4) is 0 Å². The van der Waals surface area contributed by atoms with Crippen molar-refractivity contribution in [3.63, 3.8) is 0 Å². The number of hydrogen-bond donors (Lipinski definition) is 0. The van der Waals surface area contributed by atoms with Gasteiger partial charge in [-0.15, -0.1) is 0 Å². The minimum atomic E-state index is 0.955. The fraction of sp³-hybridized carbons (Fsp3) is 0.0164. The molecule has 12 aromatic rings. The van der Waals surface area contributed by atoms with Crippen LogP contribution in [0.25, 0.3) is 93.0 Å². The van der Waals surface area contributed by atoms with Crippen molar-refractivity contribution in [3.8, 4) is 33.4 Å². The van der Waals surface area contributed by atoms with Crippen LogP contribution in [0.15, 0.2) is 231 Å². The van der Waals surface area contributed by atoms with Crippen molar-refractivity contribution in [2.24, 2.45) is 0 Å². The molecule has 13 rings (SSSR count). The first kappa shape index (κ1) is 35.5. The van der Waals surface area contributed by atoms with Gasteiger partial charge in [0.05, 0.1) is 22.2 Å². The molecule has 0 bridgehead atoms. The Morgan fingerprint density at radius 2 is 0.810 bits per heavy atom. The van der Waals surface area contributed by atoms with E-state index in [0.29, 0.717) is 0 Å². The minimum absolute atomic E-state index is 0.955. The van der Waals surface area contributed by atoms with Gasteiger partial charge in [-0.25, -0.2) is 0 Å². The summed E-state index contributed by atoms with van der Waals surface area (Å²) in [5, 5.41) is 10.3. The van der Waals surface area contributed by atoms with E-state index in [1.165, 1.54) is 104 Å². The molecule has 1 aliphatic carbocycles. The zero-order valence-electron chi connectivity index (χ0n) is 34.5. The summed E-state index contributed by atoms with van der Waals surface area (Å²) in [5.41, 5.74) is 16.8. The van der Waals surface area contributed by atoms with E-state index in [1.54, 1.807) is 0 Å². The average Bonchev–Trinajstić information content (AvgIpc) is 3.92. The van der Waals surface area contributed by atoms with Crippen LogP contribution in [0.4, 0.5) is 17.1 Å². The highest BCUT2D eigenvalue weighted by atomic mass is 15.1. The molecule has 294 valence electrons. The number of aromatic nitrogens is 1. The van der Waals surface area contributed by atoms with Gasteiger partial charge in [-0.1, -0.05) is 182 Å². The number of para-hydroxylation sites is 2. The third kappa shape index (κ3) is 5.58. The Hall–Kier alpha value is -8.20. The average molecular weight is 801 g/mol. The second-order valence-electron chi connectivity index (χ2n) is 16.8. The third-order valence-corrected chi connectivity index (χ3v) is 13.3. The van der Waals surface area contributed by atoms with Gasteiger partial charge in [0.15, 0.2) is 0 Å². The summed E-state index contributed by atoms with van der Waals surface area (Å²) < 4.78 is 2.54. The van der Waals surface area contributed by atoms with E-state index in [9.17, 15) is 0 Å². The monoisotopic (exact) mass is 800 g/mol. The topological polar surface area (TPSA) is 7.65 Å². The Labute approximate surface area is 365 Å². The van der Waals surface area contributed by atoms with E-state index < -0.39 is 0 Å². The molecule has 1 aliphatic rings. The van der Waals surface area contributed by atoms with Crippen LogP contribution in [0.2, 0.25) is 0 Å². The molecule has 2 aromatic heterocycles. The Bertz CT molecular complexity index is 3790. The molecule has 0 unspecified atom stereocenters. The number of rotatable bonds is 6. The van der Waals surface area contributed by atoms with E-state index in [1.807, 2.05) is 0 Å². The Morgan fingerprint density at radius 3 is 1.51 bits per heavy atom. The molecule has 0 N–H and O–H groups in total. The molecule has 0 fully saturated rings. The quantitative estimate of drug-likeness (QED) is 0.163. The minimum Gasteiger partial charge on any atom is -0.310 e. The lowest BCUT2D eigenvalue weighted by Gasteiger charge is -2.29. The van der Waals surface area contributed by atoms with Gasteiger partial charge in [0, 0.05) is 38.5 Å². The molecule has 2 nitrogen and oxygen atoms in total. The summed E-state index contributed by atoms with van der Waals surface area (Å²) >= 11 is 0. The highest BCUT2D eigenvalue weighted by Gasteiger charge is 2.23. The van der Waals surface area contributed by atoms with Gasteiger partial charge >= 0.3 is 0 Å². The predicted octanol–water partition coefficient (Wildman–Crippen LogP) is 16.6. The van der Waals surface area contributed by atoms with E-state index in [-0.39, 0.29) is 0 Å². The van der Waals surface area contributed by atoms with Crippen LogP contribution in [0, 0.1) is 0 Å². The summed E-state index contributed by atoms with van der Waals surface area (Å²) in [6.45, 7) is 0. The van der Waals surface area contributed by atoms with Crippen molar-refractivity contribution in [1.82, 2.24) is 4.40 Å². The summed E-state index contributed by atoms with van der Waals surface area (Å²) in [6.07, 6.45) is 0.955. The number of anilines is 3. The molecule has 0 amide bonds. The number of nitrogens with zero attached hydrogens (tertiary/aromatic N) is 2. The lowest BCUT2D eigenvalue weighted by atomic mass is 9.96. The van der Waals surface area contributed by atoms with Crippen LogP contribution < -0.4 is 4.90 Å².